The molecule has 166 valence electrons. The third-order valence-corrected chi connectivity index (χ3v) is 7.09. The van der Waals surface area contributed by atoms with Crippen LogP contribution in [0.2, 0.25) is 0 Å². The molecule has 1 fully saturated rings. The highest BCUT2D eigenvalue weighted by molar-refractivity contribution is 7.15. The van der Waals surface area contributed by atoms with E-state index in [2.05, 4.69) is 20.5 Å². The van der Waals surface area contributed by atoms with Crippen LogP contribution in [0, 0.1) is 13.8 Å². The maximum absolute atomic E-state index is 12.7. The fourth-order valence-electron chi connectivity index (χ4n) is 3.81. The average Bonchev–Trinajstić information content (AvgIpc) is 3.51. The summed E-state index contributed by atoms with van der Waals surface area (Å²) in [6, 6.07) is 5.58. The molecule has 4 heterocycles. The van der Waals surface area contributed by atoms with Gasteiger partial charge in [0.05, 0.1) is 16.4 Å². The van der Waals surface area contributed by atoms with Crippen molar-refractivity contribution >= 4 is 45.3 Å². The molecule has 32 heavy (non-hydrogen) atoms. The van der Waals surface area contributed by atoms with Crippen LogP contribution in [-0.2, 0) is 14.3 Å². The van der Waals surface area contributed by atoms with Gasteiger partial charge in [0.15, 0.2) is 6.61 Å². The smallest absolute Gasteiger partial charge is 0.265 e. The number of thiazole rings is 1. The molecule has 0 radical (unpaired) electrons. The lowest BCUT2D eigenvalue weighted by Gasteiger charge is -2.29. The van der Waals surface area contributed by atoms with Crippen molar-refractivity contribution in [2.24, 2.45) is 0 Å². The van der Waals surface area contributed by atoms with Crippen molar-refractivity contribution in [3.05, 3.63) is 33.1 Å². The van der Waals surface area contributed by atoms with Gasteiger partial charge < -0.3 is 9.47 Å². The van der Waals surface area contributed by atoms with Crippen molar-refractivity contribution in [2.45, 2.75) is 32.8 Å². The zero-order valence-corrected chi connectivity index (χ0v) is 19.2. The van der Waals surface area contributed by atoms with Gasteiger partial charge >= 0.3 is 0 Å². The minimum Gasteiger partial charge on any atom is -0.482 e. The number of nitrogens with one attached hydrogen (secondary N) is 1. The van der Waals surface area contributed by atoms with Crippen molar-refractivity contribution in [1.82, 2.24) is 15.2 Å². The molecule has 3 aromatic rings. The second kappa shape index (κ2) is 8.57. The largest absolute Gasteiger partial charge is 0.482 e. The minimum atomic E-state index is -0.354. The van der Waals surface area contributed by atoms with Gasteiger partial charge in [-0.3, -0.25) is 19.8 Å². The highest BCUT2D eigenvalue weighted by Crippen LogP contribution is 2.37. The highest BCUT2D eigenvalue weighted by atomic mass is 32.1. The molecule has 1 atom stereocenters. The van der Waals surface area contributed by atoms with Crippen molar-refractivity contribution in [3.8, 4) is 17.0 Å². The summed E-state index contributed by atoms with van der Waals surface area (Å²) in [5.41, 5.74) is 2.30. The van der Waals surface area contributed by atoms with Crippen molar-refractivity contribution in [3.63, 3.8) is 0 Å². The van der Waals surface area contributed by atoms with Crippen LogP contribution in [0.4, 0.5) is 10.8 Å². The maximum Gasteiger partial charge on any atom is 0.265 e. The van der Waals surface area contributed by atoms with Gasteiger partial charge in [-0.25, -0.2) is 4.98 Å². The number of amides is 2. The van der Waals surface area contributed by atoms with E-state index in [1.165, 1.54) is 16.2 Å². The number of rotatable bonds is 5. The summed E-state index contributed by atoms with van der Waals surface area (Å²) in [5.74, 6) is -0.0806. The van der Waals surface area contributed by atoms with Crippen molar-refractivity contribution in [2.75, 3.05) is 30.0 Å². The SMILES string of the molecule is Cc1nc(-c2ccc3c(c2)N(CC(=O)Nc2nnc(C4CCCO4)s2)C(=O)CO3)c(C)s1. The van der Waals surface area contributed by atoms with Crippen LogP contribution < -0.4 is 15.0 Å². The van der Waals surface area contributed by atoms with E-state index in [4.69, 9.17) is 9.47 Å². The lowest BCUT2D eigenvalue weighted by atomic mass is 10.1. The molecule has 2 aliphatic heterocycles. The lowest BCUT2D eigenvalue weighted by molar-refractivity contribution is -0.123. The van der Waals surface area contributed by atoms with Crippen LogP contribution in [0.3, 0.4) is 0 Å². The number of carbonyl (C=O) groups excluding carboxylic acids is 2. The van der Waals surface area contributed by atoms with E-state index >= 15 is 0 Å². The number of hydrogen-bond acceptors (Lipinski definition) is 9. The molecular formula is C21H21N5O4S2. The van der Waals surface area contributed by atoms with Gasteiger partial charge in [0, 0.05) is 17.0 Å². The summed E-state index contributed by atoms with van der Waals surface area (Å²) in [4.78, 5) is 32.5. The Bertz CT molecular complexity index is 1180. The number of fused-ring (bicyclic) bond motifs is 1. The Balaban J connectivity index is 1.35. The van der Waals surface area contributed by atoms with E-state index in [-0.39, 0.29) is 31.1 Å². The molecule has 0 aliphatic carbocycles. The summed E-state index contributed by atoms with van der Waals surface area (Å²) in [5, 5.41) is 13.0. The predicted molar refractivity (Wildman–Crippen MR) is 121 cm³/mol. The van der Waals surface area contributed by atoms with Crippen LogP contribution >= 0.6 is 22.7 Å². The zero-order valence-electron chi connectivity index (χ0n) is 17.6. The van der Waals surface area contributed by atoms with E-state index in [0.717, 1.165) is 39.0 Å². The first-order chi connectivity index (χ1) is 15.5. The van der Waals surface area contributed by atoms with Crippen molar-refractivity contribution < 1.29 is 19.1 Å². The number of nitrogens with zero attached hydrogens (tertiary/aromatic N) is 4. The van der Waals surface area contributed by atoms with E-state index in [9.17, 15) is 9.59 Å². The van der Waals surface area contributed by atoms with E-state index in [1.54, 1.807) is 11.3 Å². The maximum atomic E-state index is 12.7. The molecule has 2 aliphatic rings. The number of aromatic nitrogens is 3. The molecular weight excluding hydrogens is 450 g/mol. The van der Waals surface area contributed by atoms with Crippen LogP contribution in [0.15, 0.2) is 18.2 Å². The van der Waals surface area contributed by atoms with Gasteiger partial charge in [-0.2, -0.15) is 0 Å². The number of ether oxygens (including phenoxy) is 2. The molecule has 1 N–H and O–H groups in total. The lowest BCUT2D eigenvalue weighted by Crippen LogP contribution is -2.43. The molecule has 2 aromatic heterocycles. The molecule has 1 unspecified atom stereocenters. The Kier molecular flexibility index (Phi) is 5.62. The van der Waals surface area contributed by atoms with Gasteiger partial charge in [-0.15, -0.1) is 21.5 Å². The van der Waals surface area contributed by atoms with Crippen LogP contribution in [0.1, 0.15) is 33.8 Å². The quantitative estimate of drug-likeness (QED) is 0.607. The van der Waals surface area contributed by atoms with E-state index in [1.807, 2.05) is 32.0 Å². The van der Waals surface area contributed by atoms with Gasteiger partial charge in [0.2, 0.25) is 11.0 Å². The normalized spacial score (nSPS) is 17.9. The number of carbonyl (C=O) groups is 2. The Morgan fingerprint density at radius 2 is 2.16 bits per heavy atom. The highest BCUT2D eigenvalue weighted by Gasteiger charge is 2.29. The second-order valence-corrected chi connectivity index (χ2v) is 10.0. The molecule has 11 heteroatoms. The first-order valence-corrected chi connectivity index (χ1v) is 11.9. The summed E-state index contributed by atoms with van der Waals surface area (Å²) < 4.78 is 11.2. The fraction of sp³-hybridized carbons (Fsp3) is 0.381. The Morgan fingerprint density at radius 3 is 2.91 bits per heavy atom. The molecule has 1 saturated heterocycles. The standard InChI is InChI=1S/C21H21N5O4S2/c1-11-19(22-12(2)31-11)13-5-6-15-14(8-13)26(18(28)10-30-15)9-17(27)23-21-25-24-20(32-21)16-4-3-7-29-16/h5-6,8,16H,3-4,7,9-10H2,1-2H3,(H,23,25,27). The average molecular weight is 472 g/mol. The number of aryl methyl sites for hydroxylation is 2. The third kappa shape index (κ3) is 4.10. The second-order valence-electron chi connectivity index (χ2n) is 7.58. The molecule has 2 amide bonds. The Morgan fingerprint density at radius 1 is 1.28 bits per heavy atom. The summed E-state index contributed by atoms with van der Waals surface area (Å²) in [7, 11) is 0. The summed E-state index contributed by atoms with van der Waals surface area (Å²) in [6.45, 7) is 4.42. The molecule has 1 aromatic carbocycles. The van der Waals surface area contributed by atoms with Gasteiger partial charge in [-0.1, -0.05) is 11.3 Å². The van der Waals surface area contributed by atoms with Gasteiger partial charge in [-0.05, 0) is 44.9 Å². The first-order valence-electron chi connectivity index (χ1n) is 10.2. The molecule has 0 spiro atoms. The van der Waals surface area contributed by atoms with Crippen LogP contribution in [-0.4, -0.2) is 46.8 Å². The third-order valence-electron chi connectivity index (χ3n) is 5.27. The predicted octanol–water partition coefficient (Wildman–Crippen LogP) is 3.49. The number of hydrogen-bond donors (Lipinski definition) is 1. The minimum absolute atomic E-state index is 0.0536. The topological polar surface area (TPSA) is 107 Å². The zero-order chi connectivity index (χ0) is 22.2. The van der Waals surface area contributed by atoms with Crippen LogP contribution in [0.25, 0.3) is 11.3 Å². The number of anilines is 2. The Labute approximate surface area is 192 Å². The Hall–Kier alpha value is -2.89. The fourth-order valence-corrected chi connectivity index (χ4v) is 5.49. The summed E-state index contributed by atoms with van der Waals surface area (Å²) >= 11 is 2.91. The van der Waals surface area contributed by atoms with Crippen LogP contribution in [0.5, 0.6) is 5.75 Å². The molecule has 9 nitrogen and oxygen atoms in total. The first kappa shape index (κ1) is 21.0. The molecule has 5 rings (SSSR count). The number of benzene rings is 1. The summed E-state index contributed by atoms with van der Waals surface area (Å²) in [6.07, 6.45) is 1.84. The molecule has 0 bridgehead atoms. The van der Waals surface area contributed by atoms with E-state index in [0.29, 0.717) is 23.2 Å². The monoisotopic (exact) mass is 471 g/mol. The molecule has 0 saturated carbocycles. The van der Waals surface area contributed by atoms with E-state index < -0.39 is 0 Å². The van der Waals surface area contributed by atoms with Crippen molar-refractivity contribution in [1.29, 1.82) is 0 Å². The van der Waals surface area contributed by atoms with Gasteiger partial charge in [0.25, 0.3) is 5.91 Å². The van der Waals surface area contributed by atoms with Gasteiger partial charge in [0.1, 0.15) is 23.4 Å².